The molecule has 2 nitrogen and oxygen atoms in total. The van der Waals surface area contributed by atoms with Crippen molar-refractivity contribution in [2.24, 2.45) is 5.41 Å². The van der Waals surface area contributed by atoms with E-state index in [1.807, 2.05) is 11.8 Å². The lowest BCUT2D eigenvalue weighted by Crippen LogP contribution is -2.47. The highest BCUT2D eigenvalue weighted by Crippen LogP contribution is 2.33. The maximum Gasteiger partial charge on any atom is 0.0766 e. The van der Waals surface area contributed by atoms with E-state index >= 15 is 0 Å². The van der Waals surface area contributed by atoms with Gasteiger partial charge in [0, 0.05) is 18.3 Å². The van der Waals surface area contributed by atoms with Gasteiger partial charge in [-0.3, -0.25) is 0 Å². The molecule has 96 valence electrons. The fourth-order valence-corrected chi connectivity index (χ4v) is 3.54. The van der Waals surface area contributed by atoms with E-state index in [0.717, 1.165) is 19.4 Å². The highest BCUT2D eigenvalue weighted by molar-refractivity contribution is 7.99. The summed E-state index contributed by atoms with van der Waals surface area (Å²) in [5, 5.41) is 13.8. The summed E-state index contributed by atoms with van der Waals surface area (Å²) in [5.41, 5.74) is -0.0661. The number of aliphatic hydroxyl groups is 1. The molecule has 0 saturated carbocycles. The lowest BCUT2D eigenvalue weighted by Gasteiger charge is -2.37. The van der Waals surface area contributed by atoms with Crippen LogP contribution in [0.15, 0.2) is 0 Å². The van der Waals surface area contributed by atoms with Crippen molar-refractivity contribution in [3.05, 3.63) is 0 Å². The zero-order valence-electron chi connectivity index (χ0n) is 11.2. The van der Waals surface area contributed by atoms with Crippen molar-refractivity contribution >= 4 is 11.8 Å². The van der Waals surface area contributed by atoms with E-state index in [-0.39, 0.29) is 0 Å². The van der Waals surface area contributed by atoms with Crippen LogP contribution in [0.25, 0.3) is 0 Å². The maximum atomic E-state index is 10.2. The average Bonchev–Trinajstić information content (AvgIpc) is 2.25. The zero-order chi connectivity index (χ0) is 12.2. The van der Waals surface area contributed by atoms with Crippen molar-refractivity contribution in [3.63, 3.8) is 0 Å². The molecule has 1 aliphatic rings. The van der Waals surface area contributed by atoms with E-state index in [1.54, 1.807) is 0 Å². The minimum absolute atomic E-state index is 0.442. The summed E-state index contributed by atoms with van der Waals surface area (Å²) >= 11 is 2.03. The van der Waals surface area contributed by atoms with Crippen LogP contribution in [-0.2, 0) is 0 Å². The fraction of sp³-hybridized carbons (Fsp3) is 1.00. The third-order valence-electron chi connectivity index (χ3n) is 3.65. The SMILES string of the molecule is CCC(O)(CC)CNC1CSCC(C)(C)C1. The minimum Gasteiger partial charge on any atom is -0.389 e. The second kappa shape index (κ2) is 5.74. The first-order valence-corrected chi connectivity index (χ1v) is 7.60. The Hall–Kier alpha value is 0.270. The molecular formula is C13H27NOS. The summed E-state index contributed by atoms with van der Waals surface area (Å²) in [6, 6.07) is 0.568. The normalized spacial score (nSPS) is 25.7. The number of nitrogens with one attached hydrogen (secondary N) is 1. The molecule has 1 aliphatic heterocycles. The summed E-state index contributed by atoms with van der Waals surface area (Å²) in [6.07, 6.45) is 2.89. The van der Waals surface area contributed by atoms with Crippen LogP contribution in [0.2, 0.25) is 0 Å². The molecule has 0 aliphatic carbocycles. The van der Waals surface area contributed by atoms with Crippen LogP contribution < -0.4 is 5.32 Å². The van der Waals surface area contributed by atoms with Crippen LogP contribution in [0, 0.1) is 5.41 Å². The highest BCUT2D eigenvalue weighted by Gasteiger charge is 2.30. The fourth-order valence-electron chi connectivity index (χ4n) is 2.23. The van der Waals surface area contributed by atoms with Crippen LogP contribution in [0.3, 0.4) is 0 Å². The molecule has 1 atom stereocenters. The average molecular weight is 245 g/mol. The summed E-state index contributed by atoms with van der Waals surface area (Å²) < 4.78 is 0. The molecule has 3 heteroatoms. The Morgan fingerprint density at radius 3 is 2.50 bits per heavy atom. The van der Waals surface area contributed by atoms with Gasteiger partial charge in [-0.05, 0) is 30.4 Å². The van der Waals surface area contributed by atoms with Crippen LogP contribution in [-0.4, -0.2) is 34.8 Å². The second-order valence-corrected chi connectivity index (χ2v) is 6.92. The lowest BCUT2D eigenvalue weighted by molar-refractivity contribution is 0.0291. The highest BCUT2D eigenvalue weighted by atomic mass is 32.2. The molecule has 1 fully saturated rings. The van der Waals surface area contributed by atoms with Gasteiger partial charge >= 0.3 is 0 Å². The van der Waals surface area contributed by atoms with E-state index in [4.69, 9.17) is 0 Å². The summed E-state index contributed by atoms with van der Waals surface area (Å²) in [5.74, 6) is 2.45. The Labute approximate surface area is 105 Å². The summed E-state index contributed by atoms with van der Waals surface area (Å²) in [6.45, 7) is 9.52. The van der Waals surface area contributed by atoms with Gasteiger partial charge in [-0.2, -0.15) is 11.8 Å². The largest absolute Gasteiger partial charge is 0.389 e. The summed E-state index contributed by atoms with van der Waals surface area (Å²) in [4.78, 5) is 0. The molecule has 1 unspecified atom stereocenters. The van der Waals surface area contributed by atoms with Crippen molar-refractivity contribution in [1.29, 1.82) is 0 Å². The standard InChI is InChI=1S/C13H27NOS/c1-5-13(15,6-2)9-14-11-7-12(3,4)10-16-8-11/h11,14-15H,5-10H2,1-4H3. The Morgan fingerprint density at radius 2 is 2.00 bits per heavy atom. The van der Waals surface area contributed by atoms with Gasteiger partial charge in [0.15, 0.2) is 0 Å². The van der Waals surface area contributed by atoms with Gasteiger partial charge in [0.2, 0.25) is 0 Å². The van der Waals surface area contributed by atoms with Crippen molar-refractivity contribution in [2.45, 2.75) is 58.6 Å². The molecule has 0 aromatic carbocycles. The number of thioether (sulfide) groups is 1. The van der Waals surface area contributed by atoms with E-state index in [2.05, 4.69) is 33.0 Å². The third kappa shape index (κ3) is 4.27. The first-order chi connectivity index (χ1) is 7.41. The molecule has 0 aromatic rings. The van der Waals surface area contributed by atoms with Crippen molar-refractivity contribution in [1.82, 2.24) is 5.32 Å². The van der Waals surface area contributed by atoms with Gasteiger partial charge in [-0.15, -0.1) is 0 Å². The van der Waals surface area contributed by atoms with E-state index in [9.17, 15) is 5.11 Å². The van der Waals surface area contributed by atoms with Crippen LogP contribution in [0.1, 0.15) is 47.0 Å². The summed E-state index contributed by atoms with van der Waals surface area (Å²) in [7, 11) is 0. The smallest absolute Gasteiger partial charge is 0.0766 e. The molecule has 16 heavy (non-hydrogen) atoms. The molecule has 1 rings (SSSR count). The Morgan fingerprint density at radius 1 is 1.38 bits per heavy atom. The quantitative estimate of drug-likeness (QED) is 0.781. The van der Waals surface area contributed by atoms with Gasteiger partial charge in [-0.25, -0.2) is 0 Å². The van der Waals surface area contributed by atoms with Crippen molar-refractivity contribution in [3.8, 4) is 0 Å². The molecule has 2 N–H and O–H groups in total. The molecule has 0 spiro atoms. The topological polar surface area (TPSA) is 32.3 Å². The predicted octanol–water partition coefficient (Wildman–Crippen LogP) is 2.66. The third-order valence-corrected chi connectivity index (χ3v) is 5.27. The van der Waals surface area contributed by atoms with Crippen LogP contribution in [0.5, 0.6) is 0 Å². The van der Waals surface area contributed by atoms with Gasteiger partial charge in [-0.1, -0.05) is 27.7 Å². The van der Waals surface area contributed by atoms with Gasteiger partial charge < -0.3 is 10.4 Å². The minimum atomic E-state index is -0.508. The van der Waals surface area contributed by atoms with Crippen molar-refractivity contribution < 1.29 is 5.11 Å². The Kier molecular flexibility index (Phi) is 5.14. The lowest BCUT2D eigenvalue weighted by atomic mass is 9.87. The molecule has 0 bridgehead atoms. The first kappa shape index (κ1) is 14.3. The number of hydrogen-bond donors (Lipinski definition) is 2. The first-order valence-electron chi connectivity index (χ1n) is 6.44. The Bertz CT molecular complexity index is 214. The van der Waals surface area contributed by atoms with Gasteiger partial charge in [0.25, 0.3) is 0 Å². The van der Waals surface area contributed by atoms with Crippen molar-refractivity contribution in [2.75, 3.05) is 18.1 Å². The molecule has 0 radical (unpaired) electrons. The monoisotopic (exact) mass is 245 g/mol. The van der Waals surface area contributed by atoms with E-state index in [0.29, 0.717) is 11.5 Å². The molecule has 0 aromatic heterocycles. The molecule has 0 amide bonds. The molecule has 1 saturated heterocycles. The predicted molar refractivity (Wildman–Crippen MR) is 73.0 cm³/mol. The van der Waals surface area contributed by atoms with Crippen LogP contribution >= 0.6 is 11.8 Å². The number of hydrogen-bond acceptors (Lipinski definition) is 3. The molecular weight excluding hydrogens is 218 g/mol. The molecule has 1 heterocycles. The van der Waals surface area contributed by atoms with E-state index in [1.165, 1.54) is 17.9 Å². The maximum absolute atomic E-state index is 10.2. The number of rotatable bonds is 5. The van der Waals surface area contributed by atoms with Crippen LogP contribution in [0.4, 0.5) is 0 Å². The second-order valence-electron chi connectivity index (χ2n) is 5.89. The van der Waals surface area contributed by atoms with E-state index < -0.39 is 5.60 Å². The Balaban J connectivity index is 2.37. The van der Waals surface area contributed by atoms with Gasteiger partial charge in [0.1, 0.15) is 0 Å². The van der Waals surface area contributed by atoms with Gasteiger partial charge in [0.05, 0.1) is 5.60 Å². The zero-order valence-corrected chi connectivity index (χ0v) is 12.0.